The Hall–Kier alpha value is -1.88. The summed E-state index contributed by atoms with van der Waals surface area (Å²) in [7, 11) is 0. The molecule has 3 rings (SSSR count). The van der Waals surface area contributed by atoms with Crippen molar-refractivity contribution in [1.82, 2.24) is 20.3 Å². The first-order chi connectivity index (χ1) is 10.4. The molecule has 2 N–H and O–H groups in total. The summed E-state index contributed by atoms with van der Waals surface area (Å²) in [6.45, 7) is 4.32. The van der Waals surface area contributed by atoms with Gasteiger partial charge in [0.05, 0.1) is 6.04 Å². The summed E-state index contributed by atoms with van der Waals surface area (Å²) in [5.41, 5.74) is 0. The van der Waals surface area contributed by atoms with Gasteiger partial charge in [0.15, 0.2) is 0 Å². The number of aromatic nitrogens is 3. The largest absolute Gasteiger partial charge is 0.357 e. The maximum Gasteiger partial charge on any atom is 0.128 e. The van der Waals surface area contributed by atoms with Crippen LogP contribution in [-0.4, -0.2) is 34.1 Å². The predicted octanol–water partition coefficient (Wildman–Crippen LogP) is 2.51. The highest BCUT2D eigenvalue weighted by atomic mass is 15.2. The Morgan fingerprint density at radius 1 is 1.29 bits per heavy atom. The van der Waals surface area contributed by atoms with Gasteiger partial charge in [-0.15, -0.1) is 0 Å². The van der Waals surface area contributed by atoms with Gasteiger partial charge in [-0.05, 0) is 31.4 Å². The van der Waals surface area contributed by atoms with Crippen LogP contribution in [0.3, 0.4) is 0 Å². The summed E-state index contributed by atoms with van der Waals surface area (Å²) in [5, 5.41) is 3.74. The molecule has 2 aromatic heterocycles. The van der Waals surface area contributed by atoms with Crippen molar-refractivity contribution in [1.29, 1.82) is 0 Å². The van der Waals surface area contributed by atoms with Crippen LogP contribution in [0.4, 0.5) is 5.82 Å². The van der Waals surface area contributed by atoms with Crippen LogP contribution in [0.25, 0.3) is 0 Å². The number of piperidine rings is 1. The van der Waals surface area contributed by atoms with Crippen LogP contribution < -0.4 is 10.2 Å². The van der Waals surface area contributed by atoms with Gasteiger partial charge in [0.2, 0.25) is 0 Å². The van der Waals surface area contributed by atoms with E-state index in [0.29, 0.717) is 12.1 Å². The lowest BCUT2D eigenvalue weighted by Gasteiger charge is -2.34. The first-order valence-electron chi connectivity index (χ1n) is 7.78. The van der Waals surface area contributed by atoms with Crippen LogP contribution in [-0.2, 0) is 0 Å². The number of hydrogen-bond acceptors (Lipinski definition) is 4. The van der Waals surface area contributed by atoms with Gasteiger partial charge in [-0.2, -0.15) is 0 Å². The Kier molecular flexibility index (Phi) is 4.50. The molecular formula is C16H23N5. The van der Waals surface area contributed by atoms with E-state index in [1.165, 1.54) is 0 Å². The molecule has 0 spiro atoms. The number of imidazole rings is 1. The number of nitrogens with one attached hydrogen (secondary N) is 2. The summed E-state index contributed by atoms with van der Waals surface area (Å²) >= 11 is 0. The minimum atomic E-state index is 0.325. The maximum atomic E-state index is 4.44. The van der Waals surface area contributed by atoms with E-state index in [9.17, 15) is 0 Å². The molecule has 0 aliphatic carbocycles. The Bertz CT molecular complexity index is 517. The fraction of sp³-hybridized carbons (Fsp3) is 0.500. The standard InChI is InChI=1S/C16H23N5/c1-2-14(16-18-9-10-19-16)20-13-6-11-21(12-7-13)15-5-3-4-8-17-15/h3-5,8-10,13-14,20H,2,6-7,11-12H2,1H3,(H,18,19). The molecular weight excluding hydrogens is 262 g/mol. The summed E-state index contributed by atoms with van der Waals surface area (Å²) in [6.07, 6.45) is 8.92. The Morgan fingerprint density at radius 2 is 2.14 bits per heavy atom. The third-order valence-corrected chi connectivity index (χ3v) is 4.16. The monoisotopic (exact) mass is 285 g/mol. The van der Waals surface area contributed by atoms with Gasteiger partial charge in [-0.3, -0.25) is 0 Å². The zero-order valence-corrected chi connectivity index (χ0v) is 12.5. The molecule has 0 radical (unpaired) electrons. The molecule has 5 heteroatoms. The van der Waals surface area contributed by atoms with E-state index in [2.05, 4.69) is 44.2 Å². The van der Waals surface area contributed by atoms with Crippen LogP contribution in [0.1, 0.15) is 38.1 Å². The molecule has 0 aromatic carbocycles. The predicted molar refractivity (Wildman–Crippen MR) is 84.2 cm³/mol. The molecule has 1 fully saturated rings. The van der Waals surface area contributed by atoms with Gasteiger partial charge in [0.25, 0.3) is 0 Å². The molecule has 1 saturated heterocycles. The number of aromatic amines is 1. The van der Waals surface area contributed by atoms with Crippen molar-refractivity contribution in [2.45, 2.75) is 38.3 Å². The SMILES string of the molecule is CCC(NC1CCN(c2ccccn2)CC1)c1ncc[nH]1. The summed E-state index contributed by atoms with van der Waals surface area (Å²) in [4.78, 5) is 14.4. The second-order valence-electron chi connectivity index (χ2n) is 5.55. The van der Waals surface area contributed by atoms with Crippen LogP contribution in [0.5, 0.6) is 0 Å². The molecule has 112 valence electrons. The lowest BCUT2D eigenvalue weighted by atomic mass is 10.0. The molecule has 0 amide bonds. The third-order valence-electron chi connectivity index (χ3n) is 4.16. The quantitative estimate of drug-likeness (QED) is 0.886. The van der Waals surface area contributed by atoms with E-state index in [4.69, 9.17) is 0 Å². The fourth-order valence-electron chi connectivity index (χ4n) is 2.96. The van der Waals surface area contributed by atoms with Gasteiger partial charge in [-0.1, -0.05) is 13.0 Å². The minimum absolute atomic E-state index is 0.325. The molecule has 3 heterocycles. The summed E-state index contributed by atoms with van der Waals surface area (Å²) in [6, 6.07) is 6.99. The highest BCUT2D eigenvalue weighted by molar-refractivity contribution is 5.38. The number of anilines is 1. The van der Waals surface area contributed by atoms with Crippen molar-refractivity contribution in [3.05, 3.63) is 42.6 Å². The summed E-state index contributed by atoms with van der Waals surface area (Å²) in [5.74, 6) is 2.14. The molecule has 1 unspecified atom stereocenters. The highest BCUT2D eigenvalue weighted by Crippen LogP contribution is 2.20. The molecule has 1 aliphatic heterocycles. The van der Waals surface area contributed by atoms with Crippen molar-refractivity contribution in [3.63, 3.8) is 0 Å². The average molecular weight is 285 g/mol. The van der Waals surface area contributed by atoms with Crippen LogP contribution in [0.15, 0.2) is 36.8 Å². The average Bonchev–Trinajstić information content (AvgIpc) is 3.08. The van der Waals surface area contributed by atoms with Gasteiger partial charge < -0.3 is 15.2 Å². The van der Waals surface area contributed by atoms with Crippen molar-refractivity contribution in [3.8, 4) is 0 Å². The Balaban J connectivity index is 1.54. The first kappa shape index (κ1) is 14.1. The zero-order chi connectivity index (χ0) is 14.5. The van der Waals surface area contributed by atoms with Gasteiger partial charge in [0.1, 0.15) is 11.6 Å². The number of hydrogen-bond donors (Lipinski definition) is 2. The molecule has 0 saturated carbocycles. The van der Waals surface area contributed by atoms with Crippen LogP contribution in [0, 0.1) is 0 Å². The first-order valence-corrected chi connectivity index (χ1v) is 7.78. The molecule has 0 bridgehead atoms. The van der Waals surface area contributed by atoms with Crippen LogP contribution >= 0.6 is 0 Å². The second kappa shape index (κ2) is 6.72. The van der Waals surface area contributed by atoms with Crippen LogP contribution in [0.2, 0.25) is 0 Å². The maximum absolute atomic E-state index is 4.44. The number of pyridine rings is 1. The van der Waals surface area contributed by atoms with E-state index in [1.807, 2.05) is 24.7 Å². The highest BCUT2D eigenvalue weighted by Gasteiger charge is 2.23. The number of rotatable bonds is 5. The lowest BCUT2D eigenvalue weighted by Crippen LogP contribution is -2.44. The van der Waals surface area contributed by atoms with Crippen molar-refractivity contribution in [2.75, 3.05) is 18.0 Å². The van der Waals surface area contributed by atoms with Crippen molar-refractivity contribution < 1.29 is 0 Å². The molecule has 1 aliphatic rings. The normalized spacial score (nSPS) is 17.9. The van der Waals surface area contributed by atoms with E-state index < -0.39 is 0 Å². The Labute approximate surface area is 125 Å². The zero-order valence-electron chi connectivity index (χ0n) is 12.5. The number of H-pyrrole nitrogens is 1. The number of nitrogens with zero attached hydrogens (tertiary/aromatic N) is 3. The van der Waals surface area contributed by atoms with E-state index in [-0.39, 0.29) is 0 Å². The molecule has 21 heavy (non-hydrogen) atoms. The van der Waals surface area contributed by atoms with Gasteiger partial charge in [0, 0.05) is 37.7 Å². The fourth-order valence-corrected chi connectivity index (χ4v) is 2.96. The summed E-state index contributed by atoms with van der Waals surface area (Å²) < 4.78 is 0. The third kappa shape index (κ3) is 3.42. The molecule has 2 aromatic rings. The molecule has 1 atom stereocenters. The topological polar surface area (TPSA) is 56.8 Å². The lowest BCUT2D eigenvalue weighted by molar-refractivity contribution is 0.356. The van der Waals surface area contributed by atoms with Gasteiger partial charge >= 0.3 is 0 Å². The molecule has 5 nitrogen and oxygen atoms in total. The van der Waals surface area contributed by atoms with Crippen molar-refractivity contribution >= 4 is 5.82 Å². The second-order valence-corrected chi connectivity index (χ2v) is 5.55. The van der Waals surface area contributed by atoms with E-state index in [1.54, 1.807) is 0 Å². The van der Waals surface area contributed by atoms with E-state index in [0.717, 1.165) is 44.0 Å². The van der Waals surface area contributed by atoms with Crippen molar-refractivity contribution in [2.24, 2.45) is 0 Å². The Morgan fingerprint density at radius 3 is 2.76 bits per heavy atom. The minimum Gasteiger partial charge on any atom is -0.357 e. The smallest absolute Gasteiger partial charge is 0.128 e. The van der Waals surface area contributed by atoms with Gasteiger partial charge in [-0.25, -0.2) is 9.97 Å². The van der Waals surface area contributed by atoms with E-state index >= 15 is 0 Å².